The van der Waals surface area contributed by atoms with E-state index in [1.165, 1.54) is 6.07 Å². The molecule has 0 aliphatic rings. The van der Waals surface area contributed by atoms with Crippen molar-refractivity contribution in [1.82, 2.24) is 10.6 Å². The summed E-state index contributed by atoms with van der Waals surface area (Å²) in [6.45, 7) is 3.21. The van der Waals surface area contributed by atoms with Gasteiger partial charge in [-0.2, -0.15) is 0 Å². The van der Waals surface area contributed by atoms with Gasteiger partial charge in [0.2, 0.25) is 0 Å². The molecule has 5 heteroatoms. The van der Waals surface area contributed by atoms with Gasteiger partial charge in [-0.15, -0.1) is 24.0 Å². The number of hydrogen-bond donors (Lipinski definition) is 2. The zero-order valence-electron chi connectivity index (χ0n) is 9.46. The smallest absolute Gasteiger partial charge is 0.191 e. The quantitative estimate of drug-likeness (QED) is 0.504. The lowest BCUT2D eigenvalue weighted by molar-refractivity contribution is 0.605. The number of guanidine groups is 1. The third-order valence-electron chi connectivity index (χ3n) is 1.97. The number of benzene rings is 1. The minimum absolute atomic E-state index is 0. The Morgan fingerprint density at radius 2 is 2.00 bits per heavy atom. The predicted molar refractivity (Wildman–Crippen MR) is 75.7 cm³/mol. The molecule has 0 amide bonds. The molecule has 0 unspecified atom stereocenters. The van der Waals surface area contributed by atoms with E-state index in [0.717, 1.165) is 6.54 Å². The van der Waals surface area contributed by atoms with Gasteiger partial charge in [0, 0.05) is 25.7 Å². The lowest BCUT2D eigenvalue weighted by atomic mass is 10.2. The fourth-order valence-corrected chi connectivity index (χ4v) is 1.21. The Balaban J connectivity index is 0.00000225. The van der Waals surface area contributed by atoms with Crippen LogP contribution in [0.1, 0.15) is 12.5 Å². The molecule has 0 bridgehead atoms. The van der Waals surface area contributed by atoms with E-state index in [4.69, 9.17) is 0 Å². The van der Waals surface area contributed by atoms with Crippen LogP contribution in [0.4, 0.5) is 4.39 Å². The van der Waals surface area contributed by atoms with Crippen LogP contribution in [0.2, 0.25) is 0 Å². The van der Waals surface area contributed by atoms with Crippen LogP contribution < -0.4 is 10.6 Å². The molecular weight excluding hydrogens is 320 g/mol. The zero-order valence-corrected chi connectivity index (χ0v) is 11.8. The fraction of sp³-hybridized carbons (Fsp3) is 0.364. The van der Waals surface area contributed by atoms with Gasteiger partial charge in [0.25, 0.3) is 0 Å². The van der Waals surface area contributed by atoms with Gasteiger partial charge >= 0.3 is 0 Å². The van der Waals surface area contributed by atoms with Gasteiger partial charge in [0.05, 0.1) is 0 Å². The molecule has 0 aliphatic heterocycles. The minimum Gasteiger partial charge on any atom is -0.357 e. The highest BCUT2D eigenvalue weighted by Gasteiger charge is 2.01. The molecule has 90 valence electrons. The summed E-state index contributed by atoms with van der Waals surface area (Å²) < 4.78 is 13.2. The number of aliphatic imine (C=N–C) groups is 1. The maximum Gasteiger partial charge on any atom is 0.191 e. The van der Waals surface area contributed by atoms with Crippen LogP contribution in [-0.2, 0) is 6.54 Å². The van der Waals surface area contributed by atoms with Crippen molar-refractivity contribution < 1.29 is 4.39 Å². The molecule has 3 nitrogen and oxygen atoms in total. The molecule has 0 aromatic heterocycles. The molecule has 16 heavy (non-hydrogen) atoms. The number of hydrogen-bond acceptors (Lipinski definition) is 1. The molecule has 1 aromatic carbocycles. The second-order valence-electron chi connectivity index (χ2n) is 3.05. The van der Waals surface area contributed by atoms with Gasteiger partial charge in [-0.3, -0.25) is 4.99 Å². The van der Waals surface area contributed by atoms with E-state index in [-0.39, 0.29) is 29.8 Å². The molecule has 2 N–H and O–H groups in total. The first-order valence-electron chi connectivity index (χ1n) is 4.95. The Bertz CT molecular complexity index is 342. The fourth-order valence-electron chi connectivity index (χ4n) is 1.21. The minimum atomic E-state index is -0.197. The Kier molecular flexibility index (Phi) is 7.88. The van der Waals surface area contributed by atoms with E-state index >= 15 is 0 Å². The number of halogens is 2. The van der Waals surface area contributed by atoms with Gasteiger partial charge in [-0.25, -0.2) is 4.39 Å². The summed E-state index contributed by atoms with van der Waals surface area (Å²) in [5.41, 5.74) is 0.636. The number of rotatable bonds is 3. The van der Waals surface area contributed by atoms with Crippen molar-refractivity contribution in [3.63, 3.8) is 0 Å². The average Bonchev–Trinajstić information content (AvgIpc) is 2.26. The van der Waals surface area contributed by atoms with Crippen molar-refractivity contribution in [3.8, 4) is 0 Å². The molecule has 0 heterocycles. The van der Waals surface area contributed by atoms with Crippen LogP contribution in [0.3, 0.4) is 0 Å². The Morgan fingerprint density at radius 3 is 2.56 bits per heavy atom. The molecule has 0 radical (unpaired) electrons. The summed E-state index contributed by atoms with van der Waals surface area (Å²) in [6.07, 6.45) is 0. The topological polar surface area (TPSA) is 36.4 Å². The van der Waals surface area contributed by atoms with Crippen molar-refractivity contribution in [3.05, 3.63) is 35.6 Å². The third-order valence-corrected chi connectivity index (χ3v) is 1.97. The third kappa shape index (κ3) is 4.78. The van der Waals surface area contributed by atoms with Crippen LogP contribution in [0, 0.1) is 5.82 Å². The Hall–Kier alpha value is -0.850. The lowest BCUT2D eigenvalue weighted by Gasteiger charge is -2.10. The molecule has 0 aliphatic carbocycles. The van der Waals surface area contributed by atoms with Crippen LogP contribution in [-0.4, -0.2) is 19.6 Å². The molecule has 0 saturated heterocycles. The van der Waals surface area contributed by atoms with E-state index in [9.17, 15) is 4.39 Å². The maximum atomic E-state index is 13.2. The van der Waals surface area contributed by atoms with Gasteiger partial charge in [0.1, 0.15) is 5.82 Å². The number of nitrogens with one attached hydrogen (secondary N) is 2. The monoisotopic (exact) mass is 337 g/mol. The largest absolute Gasteiger partial charge is 0.357 e. The van der Waals surface area contributed by atoms with Crippen molar-refractivity contribution in [2.45, 2.75) is 13.5 Å². The van der Waals surface area contributed by atoms with Crippen LogP contribution in [0.25, 0.3) is 0 Å². The van der Waals surface area contributed by atoms with Crippen molar-refractivity contribution in [2.75, 3.05) is 13.6 Å². The predicted octanol–water partition coefficient (Wildman–Crippen LogP) is 2.13. The standard InChI is InChI=1S/C11H16FN3.HI/c1-3-14-11(13-2)15-8-9-6-4-5-7-10(9)12;/h4-7H,3,8H2,1-2H3,(H2,13,14,15);1H. The maximum absolute atomic E-state index is 13.2. The molecule has 0 fully saturated rings. The first-order chi connectivity index (χ1) is 7.27. The summed E-state index contributed by atoms with van der Waals surface area (Å²) in [5, 5.41) is 6.06. The highest BCUT2D eigenvalue weighted by atomic mass is 127. The normalized spacial score (nSPS) is 10.6. The molecule has 0 saturated carbocycles. The average molecular weight is 337 g/mol. The van der Waals surface area contributed by atoms with Crippen LogP contribution in [0.15, 0.2) is 29.3 Å². The Labute approximate surface area is 113 Å². The summed E-state index contributed by atoms with van der Waals surface area (Å²) in [7, 11) is 1.69. The SMILES string of the molecule is CCNC(=NC)NCc1ccccc1F.I. The Morgan fingerprint density at radius 1 is 1.31 bits per heavy atom. The van der Waals surface area contributed by atoms with Crippen molar-refractivity contribution >= 4 is 29.9 Å². The zero-order chi connectivity index (χ0) is 11.1. The van der Waals surface area contributed by atoms with E-state index < -0.39 is 0 Å². The van der Waals surface area contributed by atoms with Crippen LogP contribution in [0.5, 0.6) is 0 Å². The first-order valence-corrected chi connectivity index (χ1v) is 4.95. The molecule has 0 spiro atoms. The van der Waals surface area contributed by atoms with Gasteiger partial charge < -0.3 is 10.6 Å². The second kappa shape index (κ2) is 8.32. The van der Waals surface area contributed by atoms with E-state index in [1.54, 1.807) is 19.2 Å². The van der Waals surface area contributed by atoms with Gasteiger partial charge in [0.15, 0.2) is 5.96 Å². The van der Waals surface area contributed by atoms with Gasteiger partial charge in [-0.1, -0.05) is 18.2 Å². The van der Waals surface area contributed by atoms with Gasteiger partial charge in [-0.05, 0) is 13.0 Å². The molecular formula is C11H17FIN3. The summed E-state index contributed by atoms with van der Waals surface area (Å²) >= 11 is 0. The molecule has 0 atom stereocenters. The first kappa shape index (κ1) is 15.2. The summed E-state index contributed by atoms with van der Waals surface area (Å²) in [5.74, 6) is 0.484. The van der Waals surface area contributed by atoms with Crippen LogP contribution >= 0.6 is 24.0 Å². The number of nitrogens with zero attached hydrogens (tertiary/aromatic N) is 1. The van der Waals surface area contributed by atoms with E-state index in [0.29, 0.717) is 18.1 Å². The second-order valence-corrected chi connectivity index (χ2v) is 3.05. The van der Waals surface area contributed by atoms with Crippen molar-refractivity contribution in [2.24, 2.45) is 4.99 Å². The highest BCUT2D eigenvalue weighted by Crippen LogP contribution is 2.04. The molecule has 1 aromatic rings. The van der Waals surface area contributed by atoms with E-state index in [2.05, 4.69) is 15.6 Å². The highest BCUT2D eigenvalue weighted by molar-refractivity contribution is 14.0. The molecule has 1 rings (SSSR count). The van der Waals surface area contributed by atoms with E-state index in [1.807, 2.05) is 13.0 Å². The summed E-state index contributed by atoms with van der Waals surface area (Å²) in [6, 6.07) is 6.70. The summed E-state index contributed by atoms with van der Waals surface area (Å²) in [4.78, 5) is 3.99. The lowest BCUT2D eigenvalue weighted by Crippen LogP contribution is -2.36. The van der Waals surface area contributed by atoms with Crippen molar-refractivity contribution in [1.29, 1.82) is 0 Å².